The molecule has 0 aromatic carbocycles. The quantitative estimate of drug-likeness (QED) is 0.705. The average molecular weight is 192 g/mol. The van der Waals surface area contributed by atoms with Crippen molar-refractivity contribution in [3.8, 4) is 6.07 Å². The SMILES string of the molecule is CCn1cc(CN(C)CCC#N)cn1. The Morgan fingerprint density at radius 1 is 1.64 bits per heavy atom. The Bertz CT molecular complexity index is 310. The number of rotatable bonds is 5. The molecule has 0 spiro atoms. The summed E-state index contributed by atoms with van der Waals surface area (Å²) in [5, 5.41) is 12.6. The molecule has 0 saturated heterocycles. The summed E-state index contributed by atoms with van der Waals surface area (Å²) < 4.78 is 1.91. The van der Waals surface area contributed by atoms with Gasteiger partial charge in [-0.25, -0.2) is 0 Å². The Kier molecular flexibility index (Phi) is 4.14. The molecule has 0 aliphatic heterocycles. The minimum atomic E-state index is 0.582. The molecule has 4 nitrogen and oxygen atoms in total. The van der Waals surface area contributed by atoms with Gasteiger partial charge in [0.15, 0.2) is 0 Å². The monoisotopic (exact) mass is 192 g/mol. The van der Waals surface area contributed by atoms with E-state index < -0.39 is 0 Å². The van der Waals surface area contributed by atoms with Gasteiger partial charge in [-0.2, -0.15) is 10.4 Å². The minimum absolute atomic E-state index is 0.582. The molecule has 14 heavy (non-hydrogen) atoms. The Hall–Kier alpha value is -1.34. The standard InChI is InChI=1S/C10H16N4/c1-3-14-9-10(7-12-14)8-13(2)6-4-5-11/h7,9H,3-4,6,8H2,1-2H3. The van der Waals surface area contributed by atoms with Crippen LogP contribution in [0.4, 0.5) is 0 Å². The van der Waals surface area contributed by atoms with E-state index in [0.29, 0.717) is 6.42 Å². The Morgan fingerprint density at radius 2 is 2.43 bits per heavy atom. The summed E-state index contributed by atoms with van der Waals surface area (Å²) in [4.78, 5) is 2.13. The zero-order valence-corrected chi connectivity index (χ0v) is 8.77. The van der Waals surface area contributed by atoms with Gasteiger partial charge in [0, 0.05) is 37.8 Å². The molecule has 0 N–H and O–H groups in total. The van der Waals surface area contributed by atoms with E-state index in [9.17, 15) is 0 Å². The van der Waals surface area contributed by atoms with Gasteiger partial charge in [0.25, 0.3) is 0 Å². The molecular formula is C10H16N4. The van der Waals surface area contributed by atoms with Crippen molar-refractivity contribution < 1.29 is 0 Å². The maximum absolute atomic E-state index is 8.43. The first-order chi connectivity index (χ1) is 6.76. The Labute approximate surface area is 84.7 Å². The average Bonchev–Trinajstić information content (AvgIpc) is 2.62. The molecule has 0 amide bonds. The summed E-state index contributed by atoms with van der Waals surface area (Å²) >= 11 is 0. The van der Waals surface area contributed by atoms with Gasteiger partial charge in [-0.1, -0.05) is 0 Å². The lowest BCUT2D eigenvalue weighted by atomic mass is 10.3. The van der Waals surface area contributed by atoms with E-state index in [-0.39, 0.29) is 0 Å². The second kappa shape index (κ2) is 5.40. The molecule has 1 aromatic heterocycles. The number of nitrogens with zero attached hydrogens (tertiary/aromatic N) is 4. The molecule has 1 rings (SSSR count). The molecule has 0 unspecified atom stereocenters. The van der Waals surface area contributed by atoms with Crippen molar-refractivity contribution in [2.45, 2.75) is 26.4 Å². The van der Waals surface area contributed by atoms with Crippen molar-refractivity contribution in [3.05, 3.63) is 18.0 Å². The highest BCUT2D eigenvalue weighted by molar-refractivity contribution is 5.03. The van der Waals surface area contributed by atoms with Gasteiger partial charge < -0.3 is 4.90 Å². The highest BCUT2D eigenvalue weighted by Gasteiger charge is 2.01. The maximum atomic E-state index is 8.43. The van der Waals surface area contributed by atoms with Gasteiger partial charge >= 0.3 is 0 Å². The van der Waals surface area contributed by atoms with Crippen LogP contribution in [-0.4, -0.2) is 28.3 Å². The predicted molar refractivity (Wildman–Crippen MR) is 54.5 cm³/mol. The molecule has 0 bridgehead atoms. The van der Waals surface area contributed by atoms with Crippen molar-refractivity contribution >= 4 is 0 Å². The number of aromatic nitrogens is 2. The van der Waals surface area contributed by atoms with E-state index in [1.807, 2.05) is 24.1 Å². The van der Waals surface area contributed by atoms with E-state index in [4.69, 9.17) is 5.26 Å². The fourth-order valence-corrected chi connectivity index (χ4v) is 1.29. The van der Waals surface area contributed by atoms with Crippen LogP contribution in [0.15, 0.2) is 12.4 Å². The van der Waals surface area contributed by atoms with Crippen LogP contribution in [0.2, 0.25) is 0 Å². The van der Waals surface area contributed by atoms with Crippen molar-refractivity contribution in [3.63, 3.8) is 0 Å². The van der Waals surface area contributed by atoms with Crippen LogP contribution in [0.25, 0.3) is 0 Å². The summed E-state index contributed by atoms with van der Waals surface area (Å²) in [5.41, 5.74) is 1.20. The van der Waals surface area contributed by atoms with Crippen molar-refractivity contribution in [2.75, 3.05) is 13.6 Å². The third kappa shape index (κ3) is 3.19. The molecule has 0 saturated carbocycles. The second-order valence-corrected chi connectivity index (χ2v) is 3.35. The normalized spacial score (nSPS) is 10.4. The first-order valence-electron chi connectivity index (χ1n) is 4.83. The third-order valence-corrected chi connectivity index (χ3v) is 2.07. The summed E-state index contributed by atoms with van der Waals surface area (Å²) in [7, 11) is 2.01. The maximum Gasteiger partial charge on any atom is 0.0635 e. The summed E-state index contributed by atoms with van der Waals surface area (Å²) in [6.45, 7) is 4.65. The van der Waals surface area contributed by atoms with Gasteiger partial charge in [0.2, 0.25) is 0 Å². The van der Waals surface area contributed by atoms with Crippen molar-refractivity contribution in [2.24, 2.45) is 0 Å². The van der Waals surface area contributed by atoms with Gasteiger partial charge in [0.05, 0.1) is 12.3 Å². The number of hydrogen-bond acceptors (Lipinski definition) is 3. The van der Waals surface area contributed by atoms with Crippen LogP contribution < -0.4 is 0 Å². The van der Waals surface area contributed by atoms with Gasteiger partial charge in [-0.15, -0.1) is 0 Å². The summed E-state index contributed by atoms with van der Waals surface area (Å²) in [6, 6.07) is 2.14. The molecule has 0 aliphatic rings. The lowest BCUT2D eigenvalue weighted by molar-refractivity contribution is 0.335. The molecule has 0 aliphatic carbocycles. The summed E-state index contributed by atoms with van der Waals surface area (Å²) in [6.07, 6.45) is 4.51. The lowest BCUT2D eigenvalue weighted by Crippen LogP contribution is -2.18. The molecular weight excluding hydrogens is 176 g/mol. The number of aryl methyl sites for hydroxylation is 1. The lowest BCUT2D eigenvalue weighted by Gasteiger charge is -2.12. The molecule has 76 valence electrons. The van der Waals surface area contributed by atoms with Gasteiger partial charge in [0.1, 0.15) is 0 Å². The first kappa shape index (κ1) is 10.7. The summed E-state index contributed by atoms with van der Waals surface area (Å²) in [5.74, 6) is 0. The number of nitriles is 1. The molecule has 4 heteroatoms. The molecule has 1 aromatic rings. The van der Waals surface area contributed by atoms with E-state index >= 15 is 0 Å². The highest BCUT2D eigenvalue weighted by atomic mass is 15.3. The van der Waals surface area contributed by atoms with Gasteiger partial charge in [-0.05, 0) is 14.0 Å². The highest BCUT2D eigenvalue weighted by Crippen LogP contribution is 2.02. The van der Waals surface area contributed by atoms with Crippen molar-refractivity contribution in [1.82, 2.24) is 14.7 Å². The van der Waals surface area contributed by atoms with E-state index in [2.05, 4.69) is 23.0 Å². The van der Waals surface area contributed by atoms with E-state index in [1.165, 1.54) is 5.56 Å². The van der Waals surface area contributed by atoms with Crippen LogP contribution >= 0.6 is 0 Å². The zero-order chi connectivity index (χ0) is 10.4. The predicted octanol–water partition coefficient (Wildman–Crippen LogP) is 1.25. The smallest absolute Gasteiger partial charge is 0.0635 e. The molecule has 1 heterocycles. The molecule has 0 fully saturated rings. The Balaban J connectivity index is 2.40. The first-order valence-corrected chi connectivity index (χ1v) is 4.83. The van der Waals surface area contributed by atoms with Crippen LogP contribution in [0.3, 0.4) is 0 Å². The van der Waals surface area contributed by atoms with E-state index in [1.54, 1.807) is 0 Å². The van der Waals surface area contributed by atoms with Crippen LogP contribution in [0.5, 0.6) is 0 Å². The van der Waals surface area contributed by atoms with Crippen LogP contribution in [-0.2, 0) is 13.1 Å². The zero-order valence-electron chi connectivity index (χ0n) is 8.77. The topological polar surface area (TPSA) is 44.9 Å². The minimum Gasteiger partial charge on any atom is -0.301 e. The number of hydrogen-bond donors (Lipinski definition) is 0. The molecule has 0 atom stereocenters. The second-order valence-electron chi connectivity index (χ2n) is 3.35. The van der Waals surface area contributed by atoms with Crippen LogP contribution in [0, 0.1) is 11.3 Å². The van der Waals surface area contributed by atoms with Crippen molar-refractivity contribution in [1.29, 1.82) is 5.26 Å². The largest absolute Gasteiger partial charge is 0.301 e. The van der Waals surface area contributed by atoms with Crippen LogP contribution in [0.1, 0.15) is 18.9 Å². The Morgan fingerprint density at radius 3 is 3.00 bits per heavy atom. The van der Waals surface area contributed by atoms with E-state index in [0.717, 1.165) is 19.6 Å². The van der Waals surface area contributed by atoms with Gasteiger partial charge in [-0.3, -0.25) is 4.68 Å². The fraction of sp³-hybridized carbons (Fsp3) is 0.600. The molecule has 0 radical (unpaired) electrons. The fourth-order valence-electron chi connectivity index (χ4n) is 1.29. The third-order valence-electron chi connectivity index (χ3n) is 2.07.